The van der Waals surface area contributed by atoms with Gasteiger partial charge in [-0.3, -0.25) is 0 Å². The van der Waals surface area contributed by atoms with E-state index in [1.54, 1.807) is 18.7 Å². The summed E-state index contributed by atoms with van der Waals surface area (Å²) in [6, 6.07) is 6.08. The fourth-order valence-corrected chi connectivity index (χ4v) is 5.44. The highest BCUT2D eigenvalue weighted by molar-refractivity contribution is 8.01. The molecule has 0 bridgehead atoms. The average Bonchev–Trinajstić information content (AvgIpc) is 2.47. The maximum absolute atomic E-state index is 12.3. The molecule has 0 aliphatic carbocycles. The van der Waals surface area contributed by atoms with Crippen molar-refractivity contribution < 1.29 is 8.42 Å². The molecule has 1 atom stereocenters. The van der Waals surface area contributed by atoms with E-state index in [1.165, 1.54) is 0 Å². The SMILES string of the molecule is CCS(=O)(=O)C1CSCCN1c1cc(C)ccc1CN. The average molecular weight is 314 g/mol. The minimum atomic E-state index is -3.09. The van der Waals surface area contributed by atoms with Crippen molar-refractivity contribution in [2.45, 2.75) is 25.8 Å². The highest BCUT2D eigenvalue weighted by atomic mass is 32.2. The molecule has 6 heteroatoms. The van der Waals surface area contributed by atoms with Gasteiger partial charge in [0.05, 0.1) is 0 Å². The van der Waals surface area contributed by atoms with E-state index in [0.717, 1.165) is 29.1 Å². The van der Waals surface area contributed by atoms with Gasteiger partial charge in [-0.1, -0.05) is 19.1 Å². The second kappa shape index (κ2) is 6.37. The second-order valence-corrected chi connectivity index (χ2v) is 8.61. The molecule has 0 saturated carbocycles. The van der Waals surface area contributed by atoms with Crippen molar-refractivity contribution in [2.75, 3.05) is 28.7 Å². The van der Waals surface area contributed by atoms with E-state index in [-0.39, 0.29) is 5.75 Å². The quantitative estimate of drug-likeness (QED) is 0.917. The number of rotatable bonds is 4. The molecule has 1 aliphatic rings. The minimum absolute atomic E-state index is 0.179. The number of hydrogen-bond acceptors (Lipinski definition) is 5. The third-order valence-electron chi connectivity index (χ3n) is 3.67. The van der Waals surface area contributed by atoms with Gasteiger partial charge >= 0.3 is 0 Å². The number of hydrogen-bond donors (Lipinski definition) is 1. The summed E-state index contributed by atoms with van der Waals surface area (Å²) in [7, 11) is -3.09. The number of aryl methyl sites for hydroxylation is 1. The topological polar surface area (TPSA) is 63.4 Å². The lowest BCUT2D eigenvalue weighted by atomic mass is 10.1. The van der Waals surface area contributed by atoms with Crippen molar-refractivity contribution >= 4 is 27.3 Å². The zero-order valence-corrected chi connectivity index (χ0v) is 13.6. The number of anilines is 1. The third kappa shape index (κ3) is 3.13. The molecule has 1 heterocycles. The van der Waals surface area contributed by atoms with Crippen molar-refractivity contribution in [2.24, 2.45) is 5.73 Å². The van der Waals surface area contributed by atoms with Crippen LogP contribution < -0.4 is 10.6 Å². The van der Waals surface area contributed by atoms with Gasteiger partial charge in [-0.2, -0.15) is 11.8 Å². The summed E-state index contributed by atoms with van der Waals surface area (Å²) in [5.74, 6) is 1.76. The molecular formula is C14H22N2O2S2. The first-order chi connectivity index (χ1) is 9.49. The van der Waals surface area contributed by atoms with E-state index in [2.05, 4.69) is 6.07 Å². The summed E-state index contributed by atoms with van der Waals surface area (Å²) in [6.07, 6.45) is 0. The first-order valence-corrected chi connectivity index (χ1v) is 9.72. The molecule has 1 aromatic carbocycles. The lowest BCUT2D eigenvalue weighted by molar-refractivity contribution is 0.579. The van der Waals surface area contributed by atoms with Crippen molar-refractivity contribution in [3.63, 3.8) is 0 Å². The van der Waals surface area contributed by atoms with Gasteiger partial charge in [0.15, 0.2) is 9.84 Å². The van der Waals surface area contributed by atoms with Crippen LogP contribution in [0.3, 0.4) is 0 Å². The number of sulfone groups is 1. The van der Waals surface area contributed by atoms with Crippen LogP contribution in [0, 0.1) is 6.92 Å². The van der Waals surface area contributed by atoms with Gasteiger partial charge in [0.25, 0.3) is 0 Å². The summed E-state index contributed by atoms with van der Waals surface area (Å²) in [5.41, 5.74) is 8.94. The Morgan fingerprint density at radius 1 is 1.45 bits per heavy atom. The van der Waals surface area contributed by atoms with Crippen molar-refractivity contribution in [1.82, 2.24) is 0 Å². The van der Waals surface area contributed by atoms with Crippen LogP contribution in [0.1, 0.15) is 18.1 Å². The van der Waals surface area contributed by atoms with Crippen LogP contribution in [0.25, 0.3) is 0 Å². The number of nitrogens with two attached hydrogens (primary N) is 1. The summed E-state index contributed by atoms with van der Waals surface area (Å²) >= 11 is 1.71. The fourth-order valence-electron chi connectivity index (χ4n) is 2.46. The monoisotopic (exact) mass is 314 g/mol. The molecule has 112 valence electrons. The van der Waals surface area contributed by atoms with Crippen LogP contribution in [0.4, 0.5) is 5.69 Å². The lowest BCUT2D eigenvalue weighted by Gasteiger charge is -2.37. The number of nitrogens with zero attached hydrogens (tertiary/aromatic N) is 1. The van der Waals surface area contributed by atoms with E-state index in [4.69, 9.17) is 5.73 Å². The normalized spacial score (nSPS) is 20.1. The van der Waals surface area contributed by atoms with Crippen LogP contribution in [0.5, 0.6) is 0 Å². The molecule has 4 nitrogen and oxygen atoms in total. The van der Waals surface area contributed by atoms with Crippen molar-refractivity contribution in [3.05, 3.63) is 29.3 Å². The predicted octanol–water partition coefficient (Wildman–Crippen LogP) is 1.77. The molecule has 1 saturated heterocycles. The molecule has 1 unspecified atom stereocenters. The first-order valence-electron chi connectivity index (χ1n) is 6.85. The van der Waals surface area contributed by atoms with Crippen LogP contribution in [0.15, 0.2) is 18.2 Å². The van der Waals surface area contributed by atoms with E-state index >= 15 is 0 Å². The van der Waals surface area contributed by atoms with Crippen molar-refractivity contribution in [3.8, 4) is 0 Å². The Hall–Kier alpha value is -0.720. The summed E-state index contributed by atoms with van der Waals surface area (Å²) in [5, 5.41) is -0.432. The van der Waals surface area contributed by atoms with Gasteiger partial charge in [-0.15, -0.1) is 0 Å². The molecule has 2 N–H and O–H groups in total. The Kier molecular flexibility index (Phi) is 4.99. The van der Waals surface area contributed by atoms with E-state index in [1.807, 2.05) is 24.0 Å². The molecule has 1 fully saturated rings. The molecule has 2 rings (SSSR count). The predicted molar refractivity (Wildman–Crippen MR) is 87.0 cm³/mol. The second-order valence-electron chi connectivity index (χ2n) is 5.01. The summed E-state index contributed by atoms with van der Waals surface area (Å²) in [4.78, 5) is 2.03. The Morgan fingerprint density at radius 3 is 2.85 bits per heavy atom. The zero-order valence-electron chi connectivity index (χ0n) is 12.0. The smallest absolute Gasteiger partial charge is 0.171 e. The molecule has 20 heavy (non-hydrogen) atoms. The van der Waals surface area contributed by atoms with Crippen LogP contribution >= 0.6 is 11.8 Å². The lowest BCUT2D eigenvalue weighted by Crippen LogP contribution is -2.48. The Morgan fingerprint density at radius 2 is 2.20 bits per heavy atom. The molecule has 0 radical (unpaired) electrons. The Balaban J connectivity index is 2.45. The molecule has 1 aliphatic heterocycles. The minimum Gasteiger partial charge on any atom is -0.353 e. The van der Waals surface area contributed by atoms with E-state index in [9.17, 15) is 8.42 Å². The van der Waals surface area contributed by atoms with Gasteiger partial charge in [0, 0.05) is 36.0 Å². The van der Waals surface area contributed by atoms with Gasteiger partial charge < -0.3 is 10.6 Å². The van der Waals surface area contributed by atoms with Gasteiger partial charge in [-0.25, -0.2) is 8.42 Å². The fraction of sp³-hybridized carbons (Fsp3) is 0.571. The largest absolute Gasteiger partial charge is 0.353 e. The molecule has 1 aromatic rings. The van der Waals surface area contributed by atoms with Crippen LogP contribution in [-0.4, -0.2) is 37.6 Å². The zero-order chi connectivity index (χ0) is 14.8. The standard InChI is InChI=1S/C14H22N2O2S2/c1-3-20(17,18)14-10-19-7-6-16(14)13-8-11(2)4-5-12(13)9-15/h4-5,8,14H,3,6-7,9-10,15H2,1-2H3. The van der Waals surface area contributed by atoms with Crippen LogP contribution in [-0.2, 0) is 16.4 Å². The third-order valence-corrected chi connectivity index (χ3v) is 6.96. The number of thioether (sulfide) groups is 1. The van der Waals surface area contributed by atoms with E-state index in [0.29, 0.717) is 12.3 Å². The van der Waals surface area contributed by atoms with Gasteiger partial charge in [-0.05, 0) is 24.1 Å². The van der Waals surface area contributed by atoms with Crippen LogP contribution in [0.2, 0.25) is 0 Å². The molecular weight excluding hydrogens is 292 g/mol. The first kappa shape index (κ1) is 15.7. The van der Waals surface area contributed by atoms with Gasteiger partial charge in [0.1, 0.15) is 5.37 Å². The van der Waals surface area contributed by atoms with E-state index < -0.39 is 15.2 Å². The maximum Gasteiger partial charge on any atom is 0.171 e. The Bertz CT molecular complexity index is 573. The maximum atomic E-state index is 12.3. The molecule has 0 aromatic heterocycles. The summed E-state index contributed by atoms with van der Waals surface area (Å²) in [6.45, 7) is 4.92. The number of benzene rings is 1. The molecule has 0 amide bonds. The highest BCUT2D eigenvalue weighted by Crippen LogP contribution is 2.30. The highest BCUT2D eigenvalue weighted by Gasteiger charge is 2.33. The van der Waals surface area contributed by atoms with Crippen molar-refractivity contribution in [1.29, 1.82) is 0 Å². The molecule has 0 spiro atoms. The van der Waals surface area contributed by atoms with Gasteiger partial charge in [0.2, 0.25) is 0 Å². The Labute approximate surface area is 125 Å². The summed E-state index contributed by atoms with van der Waals surface area (Å²) < 4.78 is 24.7.